The Labute approximate surface area is 111 Å². The molecule has 2 N–H and O–H groups in total. The van der Waals surface area contributed by atoms with Crippen molar-refractivity contribution in [3.05, 3.63) is 48.3 Å². The van der Waals surface area contributed by atoms with Crippen molar-refractivity contribution in [1.29, 1.82) is 0 Å². The van der Waals surface area contributed by atoms with Gasteiger partial charge in [-0.2, -0.15) is 0 Å². The number of pyridine rings is 1. The molecule has 0 bridgehead atoms. The molecular weight excluding hydrogens is 236 g/mol. The molecule has 0 fully saturated rings. The van der Waals surface area contributed by atoms with Gasteiger partial charge in [0, 0.05) is 18.8 Å². The second-order valence-electron chi connectivity index (χ2n) is 4.59. The standard InChI is InChI=1S/C15H16N4/c1-19-14-7-9-17-10-13(14)18-15(19)12-4-2-11(3-5-12)6-8-16/h2-5,7,9-10H,6,8,16H2,1H3. The molecule has 0 atom stereocenters. The maximum Gasteiger partial charge on any atom is 0.140 e. The lowest BCUT2D eigenvalue weighted by atomic mass is 10.1. The summed E-state index contributed by atoms with van der Waals surface area (Å²) in [7, 11) is 2.03. The summed E-state index contributed by atoms with van der Waals surface area (Å²) in [5.41, 5.74) is 9.94. The Balaban J connectivity index is 2.06. The van der Waals surface area contributed by atoms with Crippen molar-refractivity contribution < 1.29 is 0 Å². The van der Waals surface area contributed by atoms with Crippen molar-refractivity contribution in [3.63, 3.8) is 0 Å². The van der Waals surface area contributed by atoms with Crippen LogP contribution in [0.1, 0.15) is 5.56 Å². The molecule has 96 valence electrons. The molecule has 0 aliphatic rings. The van der Waals surface area contributed by atoms with Crippen LogP contribution in [0, 0.1) is 0 Å². The number of aryl methyl sites for hydroxylation is 1. The molecule has 4 nitrogen and oxygen atoms in total. The van der Waals surface area contributed by atoms with Crippen LogP contribution in [0.4, 0.5) is 0 Å². The normalized spacial score (nSPS) is 11.1. The molecule has 4 heteroatoms. The third kappa shape index (κ3) is 2.11. The SMILES string of the molecule is Cn1c(-c2ccc(CCN)cc2)nc2cnccc21. The number of hydrogen-bond acceptors (Lipinski definition) is 3. The predicted octanol–water partition coefficient (Wildman–Crippen LogP) is 2.14. The maximum absolute atomic E-state index is 5.56. The van der Waals surface area contributed by atoms with Gasteiger partial charge in [-0.15, -0.1) is 0 Å². The van der Waals surface area contributed by atoms with Crippen molar-refractivity contribution in [1.82, 2.24) is 14.5 Å². The van der Waals surface area contributed by atoms with E-state index in [-0.39, 0.29) is 0 Å². The van der Waals surface area contributed by atoms with E-state index >= 15 is 0 Å². The topological polar surface area (TPSA) is 56.7 Å². The predicted molar refractivity (Wildman–Crippen MR) is 76.7 cm³/mol. The number of fused-ring (bicyclic) bond motifs is 1. The van der Waals surface area contributed by atoms with Crippen LogP contribution in [0.2, 0.25) is 0 Å². The summed E-state index contributed by atoms with van der Waals surface area (Å²) in [6.07, 6.45) is 4.49. The van der Waals surface area contributed by atoms with E-state index in [1.165, 1.54) is 5.56 Å². The van der Waals surface area contributed by atoms with Crippen molar-refractivity contribution in [2.75, 3.05) is 6.54 Å². The van der Waals surface area contributed by atoms with E-state index in [1.54, 1.807) is 12.4 Å². The number of nitrogens with zero attached hydrogens (tertiary/aromatic N) is 3. The van der Waals surface area contributed by atoms with Gasteiger partial charge in [-0.3, -0.25) is 4.98 Å². The highest BCUT2D eigenvalue weighted by atomic mass is 15.1. The van der Waals surface area contributed by atoms with Crippen molar-refractivity contribution >= 4 is 11.0 Å². The lowest BCUT2D eigenvalue weighted by Crippen LogP contribution is -2.02. The highest BCUT2D eigenvalue weighted by Gasteiger charge is 2.09. The molecule has 3 rings (SSSR count). The highest BCUT2D eigenvalue weighted by Crippen LogP contribution is 2.23. The number of aromatic nitrogens is 3. The molecule has 0 unspecified atom stereocenters. The van der Waals surface area contributed by atoms with Gasteiger partial charge in [0.1, 0.15) is 11.3 Å². The minimum absolute atomic E-state index is 0.678. The summed E-state index contributed by atoms with van der Waals surface area (Å²) in [6, 6.07) is 10.4. The van der Waals surface area contributed by atoms with Gasteiger partial charge < -0.3 is 10.3 Å². The lowest BCUT2D eigenvalue weighted by molar-refractivity contribution is 0.954. The Morgan fingerprint density at radius 1 is 1.16 bits per heavy atom. The first-order valence-corrected chi connectivity index (χ1v) is 6.35. The fraction of sp³-hybridized carbons (Fsp3) is 0.200. The summed E-state index contributed by atoms with van der Waals surface area (Å²) in [4.78, 5) is 8.74. The largest absolute Gasteiger partial charge is 0.330 e. The van der Waals surface area contributed by atoms with Gasteiger partial charge in [-0.25, -0.2) is 4.98 Å². The Morgan fingerprint density at radius 3 is 2.63 bits per heavy atom. The van der Waals surface area contributed by atoms with Gasteiger partial charge in [0.15, 0.2) is 0 Å². The van der Waals surface area contributed by atoms with Crippen LogP contribution in [0.15, 0.2) is 42.7 Å². The van der Waals surface area contributed by atoms with Gasteiger partial charge in [0.25, 0.3) is 0 Å². The third-order valence-electron chi connectivity index (χ3n) is 3.33. The van der Waals surface area contributed by atoms with Crippen LogP contribution < -0.4 is 5.73 Å². The quantitative estimate of drug-likeness (QED) is 0.777. The first kappa shape index (κ1) is 11.9. The van der Waals surface area contributed by atoms with E-state index in [4.69, 9.17) is 5.73 Å². The Bertz CT molecular complexity index is 698. The van der Waals surface area contributed by atoms with Crippen LogP contribution in [0.25, 0.3) is 22.4 Å². The minimum atomic E-state index is 0.678. The zero-order valence-electron chi connectivity index (χ0n) is 10.9. The smallest absolute Gasteiger partial charge is 0.140 e. The zero-order chi connectivity index (χ0) is 13.2. The summed E-state index contributed by atoms with van der Waals surface area (Å²) in [5, 5.41) is 0. The number of imidazole rings is 1. The molecule has 0 radical (unpaired) electrons. The van der Waals surface area contributed by atoms with E-state index < -0.39 is 0 Å². The highest BCUT2D eigenvalue weighted by molar-refractivity contribution is 5.79. The average molecular weight is 252 g/mol. The molecule has 0 aliphatic carbocycles. The third-order valence-corrected chi connectivity index (χ3v) is 3.33. The molecule has 2 heterocycles. The van der Waals surface area contributed by atoms with Crippen LogP contribution in [-0.2, 0) is 13.5 Å². The molecule has 3 aromatic rings. The van der Waals surface area contributed by atoms with E-state index in [9.17, 15) is 0 Å². The van der Waals surface area contributed by atoms with Gasteiger partial charge >= 0.3 is 0 Å². The Hall–Kier alpha value is -2.20. The first-order valence-electron chi connectivity index (χ1n) is 6.35. The number of rotatable bonds is 3. The van der Waals surface area contributed by atoms with Crippen LogP contribution in [-0.4, -0.2) is 21.1 Å². The summed E-state index contributed by atoms with van der Waals surface area (Å²) in [6.45, 7) is 0.678. The average Bonchev–Trinajstić information content (AvgIpc) is 2.78. The number of nitrogens with two attached hydrogens (primary N) is 1. The molecule has 0 spiro atoms. The van der Waals surface area contributed by atoms with Gasteiger partial charge in [-0.1, -0.05) is 24.3 Å². The van der Waals surface area contributed by atoms with Gasteiger partial charge in [0.2, 0.25) is 0 Å². The number of benzene rings is 1. The zero-order valence-corrected chi connectivity index (χ0v) is 10.9. The second-order valence-corrected chi connectivity index (χ2v) is 4.59. The van der Waals surface area contributed by atoms with E-state index in [2.05, 4.69) is 38.8 Å². The van der Waals surface area contributed by atoms with Gasteiger partial charge in [-0.05, 0) is 24.6 Å². The van der Waals surface area contributed by atoms with E-state index in [1.807, 2.05) is 13.1 Å². The molecule has 0 amide bonds. The minimum Gasteiger partial charge on any atom is -0.330 e. The summed E-state index contributed by atoms with van der Waals surface area (Å²) in [5.74, 6) is 0.960. The molecule has 19 heavy (non-hydrogen) atoms. The summed E-state index contributed by atoms with van der Waals surface area (Å²) < 4.78 is 2.09. The van der Waals surface area contributed by atoms with Crippen LogP contribution >= 0.6 is 0 Å². The monoisotopic (exact) mass is 252 g/mol. The lowest BCUT2D eigenvalue weighted by Gasteiger charge is -2.04. The molecule has 0 saturated heterocycles. The molecule has 2 aromatic heterocycles. The molecule has 1 aromatic carbocycles. The first-order chi connectivity index (χ1) is 9.29. The van der Waals surface area contributed by atoms with E-state index in [0.29, 0.717) is 6.54 Å². The molecule has 0 aliphatic heterocycles. The van der Waals surface area contributed by atoms with Crippen molar-refractivity contribution in [2.24, 2.45) is 12.8 Å². The van der Waals surface area contributed by atoms with Crippen LogP contribution in [0.5, 0.6) is 0 Å². The Kier molecular flexibility index (Phi) is 3.01. The summed E-state index contributed by atoms with van der Waals surface area (Å²) >= 11 is 0. The molecular formula is C15H16N4. The molecule has 0 saturated carbocycles. The Morgan fingerprint density at radius 2 is 1.95 bits per heavy atom. The second kappa shape index (κ2) is 4.82. The van der Waals surface area contributed by atoms with Crippen LogP contribution in [0.3, 0.4) is 0 Å². The number of hydrogen-bond donors (Lipinski definition) is 1. The van der Waals surface area contributed by atoms with E-state index in [0.717, 1.165) is 28.8 Å². The van der Waals surface area contributed by atoms with Crippen molar-refractivity contribution in [3.8, 4) is 11.4 Å². The van der Waals surface area contributed by atoms with Gasteiger partial charge in [0.05, 0.1) is 11.7 Å². The maximum atomic E-state index is 5.56. The fourth-order valence-corrected chi connectivity index (χ4v) is 2.30. The fourth-order valence-electron chi connectivity index (χ4n) is 2.30. The van der Waals surface area contributed by atoms with Crippen molar-refractivity contribution in [2.45, 2.75) is 6.42 Å².